The standard InChI is InChI=1S/C17H20FN3O2S2/c1-20(2)25(22,23)15-9-6-8-14(11-15)19-17(24)21(3)12-13-7-4-5-10-16(13)18/h4-11H,12H2,1-3H3,(H,19,24). The van der Waals surface area contributed by atoms with E-state index < -0.39 is 10.0 Å². The topological polar surface area (TPSA) is 52.7 Å². The second kappa shape index (κ2) is 7.90. The zero-order valence-corrected chi connectivity index (χ0v) is 15.9. The smallest absolute Gasteiger partial charge is 0.242 e. The number of hydrogen-bond acceptors (Lipinski definition) is 3. The summed E-state index contributed by atoms with van der Waals surface area (Å²) in [7, 11) is 1.16. The molecule has 0 aliphatic carbocycles. The van der Waals surface area contributed by atoms with Gasteiger partial charge in [-0.25, -0.2) is 17.1 Å². The minimum atomic E-state index is -3.52. The third-order valence-corrected chi connectivity index (χ3v) is 5.80. The minimum Gasteiger partial charge on any atom is -0.348 e. The Kier molecular flexibility index (Phi) is 6.10. The van der Waals surface area contributed by atoms with Crippen molar-refractivity contribution in [1.29, 1.82) is 0 Å². The highest BCUT2D eigenvalue weighted by Crippen LogP contribution is 2.18. The van der Waals surface area contributed by atoms with Crippen molar-refractivity contribution in [2.24, 2.45) is 0 Å². The van der Waals surface area contributed by atoms with Gasteiger partial charge in [-0.15, -0.1) is 0 Å². The maximum absolute atomic E-state index is 13.7. The molecule has 0 aliphatic rings. The number of nitrogens with one attached hydrogen (secondary N) is 1. The summed E-state index contributed by atoms with van der Waals surface area (Å²) in [6.45, 7) is 0.300. The van der Waals surface area contributed by atoms with Gasteiger partial charge in [-0.05, 0) is 36.5 Å². The van der Waals surface area contributed by atoms with Crippen LogP contribution in [0.1, 0.15) is 5.56 Å². The van der Waals surface area contributed by atoms with Crippen molar-refractivity contribution in [2.45, 2.75) is 11.4 Å². The molecule has 0 bridgehead atoms. The highest BCUT2D eigenvalue weighted by Gasteiger charge is 2.17. The highest BCUT2D eigenvalue weighted by atomic mass is 32.2. The third-order valence-electron chi connectivity index (χ3n) is 3.58. The maximum atomic E-state index is 13.7. The first-order valence-electron chi connectivity index (χ1n) is 7.50. The molecular weight excluding hydrogens is 361 g/mol. The second-order valence-corrected chi connectivity index (χ2v) is 8.23. The monoisotopic (exact) mass is 381 g/mol. The zero-order valence-electron chi connectivity index (χ0n) is 14.2. The summed E-state index contributed by atoms with van der Waals surface area (Å²) in [6.07, 6.45) is 0. The molecule has 0 heterocycles. The van der Waals surface area contributed by atoms with E-state index >= 15 is 0 Å². The van der Waals surface area contributed by atoms with Crippen molar-refractivity contribution in [3.63, 3.8) is 0 Å². The summed E-state index contributed by atoms with van der Waals surface area (Å²) >= 11 is 5.32. The molecule has 0 radical (unpaired) electrons. The molecule has 0 saturated heterocycles. The van der Waals surface area contributed by atoms with E-state index in [-0.39, 0.29) is 10.7 Å². The maximum Gasteiger partial charge on any atom is 0.242 e. The van der Waals surface area contributed by atoms with E-state index in [0.29, 0.717) is 22.9 Å². The van der Waals surface area contributed by atoms with Crippen molar-refractivity contribution in [1.82, 2.24) is 9.21 Å². The number of anilines is 1. The molecule has 0 aliphatic heterocycles. The summed E-state index contributed by atoms with van der Waals surface area (Å²) in [6, 6.07) is 12.9. The van der Waals surface area contributed by atoms with Gasteiger partial charge in [0.1, 0.15) is 5.82 Å². The first-order chi connectivity index (χ1) is 11.7. The average Bonchev–Trinajstić information content (AvgIpc) is 2.57. The molecule has 2 aromatic rings. The van der Waals surface area contributed by atoms with Gasteiger partial charge >= 0.3 is 0 Å². The van der Waals surface area contributed by atoms with E-state index in [1.54, 1.807) is 42.3 Å². The Morgan fingerprint density at radius 1 is 1.12 bits per heavy atom. The quantitative estimate of drug-likeness (QED) is 0.807. The summed E-state index contributed by atoms with van der Waals surface area (Å²) in [5, 5.41) is 3.35. The fourth-order valence-corrected chi connectivity index (χ4v) is 3.25. The molecule has 5 nitrogen and oxygen atoms in total. The first kappa shape index (κ1) is 19.3. The lowest BCUT2D eigenvalue weighted by atomic mass is 10.2. The van der Waals surface area contributed by atoms with Gasteiger partial charge in [0.25, 0.3) is 0 Å². The van der Waals surface area contributed by atoms with E-state index in [4.69, 9.17) is 12.2 Å². The van der Waals surface area contributed by atoms with E-state index in [2.05, 4.69) is 5.32 Å². The molecule has 0 fully saturated rings. The van der Waals surface area contributed by atoms with Crippen molar-refractivity contribution in [2.75, 3.05) is 26.5 Å². The molecular formula is C17H20FN3O2S2. The van der Waals surface area contributed by atoms with Gasteiger partial charge in [-0.1, -0.05) is 24.3 Å². The summed E-state index contributed by atoms with van der Waals surface area (Å²) in [4.78, 5) is 1.85. The Balaban J connectivity index is 2.12. The molecule has 1 N–H and O–H groups in total. The van der Waals surface area contributed by atoms with E-state index in [1.807, 2.05) is 0 Å². The van der Waals surface area contributed by atoms with Crippen molar-refractivity contribution in [3.8, 4) is 0 Å². The van der Waals surface area contributed by atoms with Gasteiger partial charge in [0.2, 0.25) is 10.0 Å². The normalized spacial score (nSPS) is 11.4. The summed E-state index contributed by atoms with van der Waals surface area (Å²) in [5.41, 5.74) is 1.08. The lowest BCUT2D eigenvalue weighted by Crippen LogP contribution is -2.31. The van der Waals surface area contributed by atoms with Gasteiger partial charge in [0, 0.05) is 38.9 Å². The predicted molar refractivity (Wildman–Crippen MR) is 101 cm³/mol. The fourth-order valence-electron chi connectivity index (χ4n) is 2.12. The highest BCUT2D eigenvalue weighted by molar-refractivity contribution is 7.89. The van der Waals surface area contributed by atoms with Crippen molar-refractivity contribution in [3.05, 3.63) is 59.9 Å². The zero-order chi connectivity index (χ0) is 18.6. The second-order valence-electron chi connectivity index (χ2n) is 5.69. The van der Waals surface area contributed by atoms with Gasteiger partial charge < -0.3 is 10.2 Å². The van der Waals surface area contributed by atoms with Gasteiger partial charge in [-0.3, -0.25) is 0 Å². The lowest BCUT2D eigenvalue weighted by molar-refractivity contribution is 0.486. The Morgan fingerprint density at radius 3 is 2.44 bits per heavy atom. The van der Waals surface area contributed by atoms with Crippen LogP contribution in [0.5, 0.6) is 0 Å². The summed E-state index contributed by atoms with van der Waals surface area (Å²) < 4.78 is 39.3. The molecule has 2 aromatic carbocycles. The number of benzene rings is 2. The van der Waals surface area contributed by atoms with E-state index in [1.165, 1.54) is 32.3 Å². The molecule has 0 atom stereocenters. The van der Waals surface area contributed by atoms with Crippen LogP contribution in [-0.2, 0) is 16.6 Å². The molecule has 0 aromatic heterocycles. The van der Waals surface area contributed by atoms with Crippen LogP contribution >= 0.6 is 12.2 Å². The Bertz CT molecular complexity index is 870. The van der Waals surface area contributed by atoms with Crippen LogP contribution in [-0.4, -0.2) is 43.9 Å². The number of halogens is 1. The predicted octanol–water partition coefficient (Wildman–Crippen LogP) is 2.90. The first-order valence-corrected chi connectivity index (χ1v) is 9.35. The molecule has 2 rings (SSSR count). The van der Waals surface area contributed by atoms with Gasteiger partial charge in [0.15, 0.2) is 5.11 Å². The number of nitrogens with zero attached hydrogens (tertiary/aromatic N) is 2. The van der Waals surface area contributed by atoms with Crippen molar-refractivity contribution >= 4 is 33.0 Å². The average molecular weight is 381 g/mol. The van der Waals surface area contributed by atoms with Crippen LogP contribution in [0.25, 0.3) is 0 Å². The lowest BCUT2D eigenvalue weighted by Gasteiger charge is -2.22. The minimum absolute atomic E-state index is 0.169. The van der Waals surface area contributed by atoms with Crippen LogP contribution in [0.4, 0.5) is 10.1 Å². The van der Waals surface area contributed by atoms with Crippen LogP contribution in [0.2, 0.25) is 0 Å². The number of rotatable bonds is 5. The molecule has 0 saturated carbocycles. The third kappa shape index (κ3) is 4.75. The number of hydrogen-bond donors (Lipinski definition) is 1. The van der Waals surface area contributed by atoms with Crippen LogP contribution in [0.15, 0.2) is 53.4 Å². The molecule has 25 heavy (non-hydrogen) atoms. The Morgan fingerprint density at radius 2 is 1.80 bits per heavy atom. The molecule has 0 unspecified atom stereocenters. The largest absolute Gasteiger partial charge is 0.348 e. The van der Waals surface area contributed by atoms with Crippen LogP contribution in [0, 0.1) is 5.82 Å². The molecule has 134 valence electrons. The van der Waals surface area contributed by atoms with Crippen molar-refractivity contribution < 1.29 is 12.8 Å². The molecule has 8 heteroatoms. The Labute approximate surface area is 153 Å². The number of sulfonamides is 1. The summed E-state index contributed by atoms with van der Waals surface area (Å²) in [5.74, 6) is -0.295. The number of thiocarbonyl (C=S) groups is 1. The fraction of sp³-hybridized carbons (Fsp3) is 0.235. The van der Waals surface area contributed by atoms with Crippen LogP contribution < -0.4 is 5.32 Å². The Hall–Kier alpha value is -2.03. The SMILES string of the molecule is CN(Cc1ccccc1F)C(=S)Nc1cccc(S(=O)(=O)N(C)C)c1. The molecule has 0 amide bonds. The molecule has 0 spiro atoms. The van der Waals surface area contributed by atoms with Crippen LogP contribution in [0.3, 0.4) is 0 Å². The van der Waals surface area contributed by atoms with E-state index in [0.717, 1.165) is 4.31 Å². The van der Waals surface area contributed by atoms with E-state index in [9.17, 15) is 12.8 Å². The van der Waals surface area contributed by atoms with Gasteiger partial charge in [0.05, 0.1) is 4.90 Å². The van der Waals surface area contributed by atoms with Gasteiger partial charge in [-0.2, -0.15) is 0 Å².